The van der Waals surface area contributed by atoms with Crippen molar-refractivity contribution in [3.8, 4) is 0 Å². The summed E-state index contributed by atoms with van der Waals surface area (Å²) in [4.78, 5) is 14.0. The van der Waals surface area contributed by atoms with E-state index in [1.165, 1.54) is 6.42 Å². The number of benzene rings is 1. The lowest BCUT2D eigenvalue weighted by Gasteiger charge is -2.37. The van der Waals surface area contributed by atoms with Crippen LogP contribution in [0.25, 0.3) is 0 Å². The highest BCUT2D eigenvalue weighted by Crippen LogP contribution is 2.28. The molecule has 0 aliphatic carbocycles. The average Bonchev–Trinajstić information content (AvgIpc) is 2.31. The molecule has 4 heteroatoms. The van der Waals surface area contributed by atoms with Gasteiger partial charge in [0.05, 0.1) is 0 Å². The van der Waals surface area contributed by atoms with Gasteiger partial charge >= 0.3 is 6.03 Å². The van der Waals surface area contributed by atoms with Crippen LogP contribution in [0, 0.1) is 5.41 Å². The summed E-state index contributed by atoms with van der Waals surface area (Å²) in [6.07, 6.45) is 2.25. The summed E-state index contributed by atoms with van der Waals surface area (Å²) in [5, 5.41) is 2.91. The van der Waals surface area contributed by atoms with Gasteiger partial charge in [0, 0.05) is 24.5 Å². The van der Waals surface area contributed by atoms with Crippen LogP contribution in [0.1, 0.15) is 26.7 Å². The number of nitrogens with two attached hydrogens (primary N) is 1. The minimum atomic E-state index is -0.0208. The Morgan fingerprint density at radius 2 is 2.00 bits per heavy atom. The predicted molar refractivity (Wildman–Crippen MR) is 74.5 cm³/mol. The van der Waals surface area contributed by atoms with Gasteiger partial charge in [-0.1, -0.05) is 13.8 Å². The molecule has 2 rings (SSSR count). The molecule has 1 saturated heterocycles. The Kier molecular flexibility index (Phi) is 3.45. The number of hydrogen-bond donors (Lipinski definition) is 2. The van der Waals surface area contributed by atoms with Gasteiger partial charge in [0.15, 0.2) is 0 Å². The molecule has 1 fully saturated rings. The summed E-state index contributed by atoms with van der Waals surface area (Å²) in [5.74, 6) is 0. The lowest BCUT2D eigenvalue weighted by molar-refractivity contribution is 0.138. The van der Waals surface area contributed by atoms with Crippen molar-refractivity contribution in [2.45, 2.75) is 26.7 Å². The molecule has 2 amide bonds. The van der Waals surface area contributed by atoms with Crippen molar-refractivity contribution in [1.82, 2.24) is 4.90 Å². The van der Waals surface area contributed by atoms with E-state index in [9.17, 15) is 4.79 Å². The summed E-state index contributed by atoms with van der Waals surface area (Å²) in [7, 11) is 0. The molecule has 0 saturated carbocycles. The summed E-state index contributed by atoms with van der Waals surface area (Å²) in [6.45, 7) is 6.06. The molecule has 0 radical (unpaired) electrons. The summed E-state index contributed by atoms with van der Waals surface area (Å²) >= 11 is 0. The Bertz CT molecular complexity index is 425. The fourth-order valence-corrected chi connectivity index (χ4v) is 2.37. The maximum Gasteiger partial charge on any atom is 0.321 e. The maximum atomic E-state index is 12.1. The molecular weight excluding hydrogens is 226 g/mol. The molecule has 1 heterocycles. The van der Waals surface area contributed by atoms with Gasteiger partial charge in [0.25, 0.3) is 0 Å². The van der Waals surface area contributed by atoms with E-state index in [1.807, 2.05) is 17.0 Å². The molecule has 1 aromatic rings. The van der Waals surface area contributed by atoms with E-state index in [4.69, 9.17) is 5.73 Å². The van der Waals surface area contributed by atoms with E-state index in [2.05, 4.69) is 19.2 Å². The zero-order chi connectivity index (χ0) is 13.2. The monoisotopic (exact) mass is 247 g/mol. The lowest BCUT2D eigenvalue weighted by atomic mass is 9.84. The van der Waals surface area contributed by atoms with E-state index < -0.39 is 0 Å². The van der Waals surface area contributed by atoms with E-state index in [0.29, 0.717) is 5.69 Å². The molecule has 0 unspecified atom stereocenters. The number of carbonyl (C=O) groups excluding carboxylic acids is 1. The number of nitrogens with zero attached hydrogens (tertiary/aromatic N) is 1. The number of nitrogen functional groups attached to an aromatic ring is 1. The van der Waals surface area contributed by atoms with Crippen molar-refractivity contribution in [3.05, 3.63) is 24.3 Å². The number of piperidine rings is 1. The van der Waals surface area contributed by atoms with Crippen molar-refractivity contribution in [3.63, 3.8) is 0 Å². The standard InChI is InChI=1S/C14H21N3O/c1-14(2)8-3-9-17(10-14)13(18)16-12-6-4-11(15)5-7-12/h4-7H,3,8-10,15H2,1-2H3,(H,16,18). The van der Waals surface area contributed by atoms with Crippen molar-refractivity contribution in [1.29, 1.82) is 0 Å². The van der Waals surface area contributed by atoms with E-state index in [-0.39, 0.29) is 11.4 Å². The average molecular weight is 247 g/mol. The van der Waals surface area contributed by atoms with Gasteiger partial charge in [-0.15, -0.1) is 0 Å². The molecule has 4 nitrogen and oxygen atoms in total. The molecule has 0 atom stereocenters. The van der Waals surface area contributed by atoms with Crippen LogP contribution < -0.4 is 11.1 Å². The van der Waals surface area contributed by atoms with Gasteiger partial charge in [-0.05, 0) is 42.5 Å². The first-order chi connectivity index (χ1) is 8.46. The predicted octanol–water partition coefficient (Wildman–Crippen LogP) is 2.92. The van der Waals surface area contributed by atoms with Crippen molar-refractivity contribution < 1.29 is 4.79 Å². The third-order valence-corrected chi connectivity index (χ3v) is 3.35. The van der Waals surface area contributed by atoms with Crippen LogP contribution in [0.5, 0.6) is 0 Å². The van der Waals surface area contributed by atoms with Gasteiger partial charge in [0.2, 0.25) is 0 Å². The molecule has 1 aliphatic heterocycles. The Morgan fingerprint density at radius 3 is 2.61 bits per heavy atom. The molecule has 18 heavy (non-hydrogen) atoms. The lowest BCUT2D eigenvalue weighted by Crippen LogP contribution is -2.45. The number of rotatable bonds is 1. The van der Waals surface area contributed by atoms with Gasteiger partial charge in [0.1, 0.15) is 0 Å². The Labute approximate surface area is 108 Å². The molecule has 1 aromatic carbocycles. The van der Waals surface area contributed by atoms with Gasteiger partial charge in [-0.3, -0.25) is 0 Å². The summed E-state index contributed by atoms with van der Waals surface area (Å²) in [6, 6.07) is 7.20. The number of urea groups is 1. The van der Waals surface area contributed by atoms with E-state index in [1.54, 1.807) is 12.1 Å². The second-order valence-electron chi connectivity index (χ2n) is 5.74. The van der Waals surface area contributed by atoms with Gasteiger partial charge in [-0.2, -0.15) is 0 Å². The quantitative estimate of drug-likeness (QED) is 0.750. The fraction of sp³-hybridized carbons (Fsp3) is 0.500. The number of likely N-dealkylation sites (tertiary alicyclic amines) is 1. The normalized spacial score (nSPS) is 18.4. The molecule has 3 N–H and O–H groups in total. The van der Waals surface area contributed by atoms with E-state index >= 15 is 0 Å². The van der Waals surface area contributed by atoms with Crippen molar-refractivity contribution in [2.75, 3.05) is 24.1 Å². The fourth-order valence-electron chi connectivity index (χ4n) is 2.37. The first-order valence-corrected chi connectivity index (χ1v) is 6.38. The molecule has 0 spiro atoms. The highest BCUT2D eigenvalue weighted by molar-refractivity contribution is 5.89. The minimum Gasteiger partial charge on any atom is -0.399 e. The van der Waals surface area contributed by atoms with Crippen LogP contribution in [0.15, 0.2) is 24.3 Å². The number of anilines is 2. The third-order valence-electron chi connectivity index (χ3n) is 3.35. The highest BCUT2D eigenvalue weighted by Gasteiger charge is 2.28. The number of hydrogen-bond acceptors (Lipinski definition) is 2. The topological polar surface area (TPSA) is 58.4 Å². The van der Waals surface area contributed by atoms with Crippen molar-refractivity contribution >= 4 is 17.4 Å². The van der Waals surface area contributed by atoms with Gasteiger partial charge in [-0.25, -0.2) is 4.79 Å². The molecule has 98 valence electrons. The minimum absolute atomic E-state index is 0.0208. The zero-order valence-corrected chi connectivity index (χ0v) is 11.1. The Morgan fingerprint density at radius 1 is 1.33 bits per heavy atom. The van der Waals surface area contributed by atoms with Crippen LogP contribution in [0.4, 0.5) is 16.2 Å². The van der Waals surface area contributed by atoms with Gasteiger partial charge < -0.3 is 16.0 Å². The first-order valence-electron chi connectivity index (χ1n) is 6.38. The van der Waals surface area contributed by atoms with Crippen LogP contribution >= 0.6 is 0 Å². The Hall–Kier alpha value is -1.71. The van der Waals surface area contributed by atoms with Crippen LogP contribution in [-0.2, 0) is 0 Å². The second kappa shape index (κ2) is 4.88. The largest absolute Gasteiger partial charge is 0.399 e. The summed E-state index contributed by atoms with van der Waals surface area (Å²) < 4.78 is 0. The second-order valence-corrected chi connectivity index (χ2v) is 5.74. The first kappa shape index (κ1) is 12.7. The number of carbonyl (C=O) groups is 1. The number of nitrogens with one attached hydrogen (secondary N) is 1. The van der Waals surface area contributed by atoms with Crippen molar-refractivity contribution in [2.24, 2.45) is 5.41 Å². The molecule has 0 bridgehead atoms. The highest BCUT2D eigenvalue weighted by atomic mass is 16.2. The Balaban J connectivity index is 1.97. The maximum absolute atomic E-state index is 12.1. The van der Waals surface area contributed by atoms with Crippen LogP contribution in [0.2, 0.25) is 0 Å². The molecular formula is C14H21N3O. The third kappa shape index (κ3) is 3.15. The summed E-state index contributed by atoms with van der Waals surface area (Å²) in [5.41, 5.74) is 7.32. The molecule has 1 aliphatic rings. The SMILES string of the molecule is CC1(C)CCCN(C(=O)Nc2ccc(N)cc2)C1. The van der Waals surface area contributed by atoms with Crippen LogP contribution in [-0.4, -0.2) is 24.0 Å². The molecule has 0 aromatic heterocycles. The smallest absolute Gasteiger partial charge is 0.321 e. The van der Waals surface area contributed by atoms with E-state index in [0.717, 1.165) is 25.2 Å². The van der Waals surface area contributed by atoms with Crippen LogP contribution in [0.3, 0.4) is 0 Å². The number of amides is 2. The zero-order valence-electron chi connectivity index (χ0n) is 11.1.